The third-order valence-corrected chi connectivity index (χ3v) is 3.80. The minimum Gasteiger partial charge on any atom is -0.505 e. The highest BCUT2D eigenvalue weighted by Crippen LogP contribution is 2.27. The van der Waals surface area contributed by atoms with E-state index in [4.69, 9.17) is 4.52 Å². The largest absolute Gasteiger partial charge is 0.505 e. The smallest absolute Gasteiger partial charge is 0.280 e. The number of hydrogen-bond donors (Lipinski definition) is 1. The van der Waals surface area contributed by atoms with Gasteiger partial charge in [-0.3, -0.25) is 4.90 Å². The number of likely N-dealkylation sites (N-methyl/N-ethyl adjacent to an activating group) is 2. The quantitative estimate of drug-likeness (QED) is 0.888. The summed E-state index contributed by atoms with van der Waals surface area (Å²) in [4.78, 5) is 13.0. The predicted octanol–water partition coefficient (Wildman–Crippen LogP) is 1.15. The molecule has 1 aliphatic rings. The van der Waals surface area contributed by atoms with E-state index in [1.165, 1.54) is 0 Å². The topological polar surface area (TPSA) is 78.5 Å². The van der Waals surface area contributed by atoms with Gasteiger partial charge in [0.25, 0.3) is 5.89 Å². The van der Waals surface area contributed by atoms with Gasteiger partial charge in [0.2, 0.25) is 0 Å². The second kappa shape index (κ2) is 5.79. The van der Waals surface area contributed by atoms with Crippen molar-refractivity contribution in [2.75, 3.05) is 33.7 Å². The number of rotatable bonds is 2. The average Bonchev–Trinajstić information content (AvgIpc) is 2.88. The van der Waals surface area contributed by atoms with Gasteiger partial charge >= 0.3 is 0 Å². The first-order valence-corrected chi connectivity index (χ1v) is 7.02. The highest BCUT2D eigenvalue weighted by Gasteiger charge is 2.27. The number of nitrogens with zero attached hydrogens (tertiary/aromatic N) is 5. The van der Waals surface area contributed by atoms with Crippen LogP contribution in [0.4, 0.5) is 0 Å². The second-order valence-corrected chi connectivity index (χ2v) is 5.44. The summed E-state index contributed by atoms with van der Waals surface area (Å²) in [6, 6.07) is 3.29. The molecule has 0 aromatic carbocycles. The maximum Gasteiger partial charge on any atom is 0.280 e. The van der Waals surface area contributed by atoms with Gasteiger partial charge in [0, 0.05) is 12.7 Å². The van der Waals surface area contributed by atoms with Gasteiger partial charge in [0.15, 0.2) is 11.5 Å². The molecule has 7 heteroatoms. The molecular formula is C14H19N5O2. The van der Waals surface area contributed by atoms with Crippen molar-refractivity contribution in [2.24, 2.45) is 0 Å². The zero-order chi connectivity index (χ0) is 14.8. The van der Waals surface area contributed by atoms with Crippen LogP contribution in [-0.4, -0.2) is 63.8 Å². The first-order valence-electron chi connectivity index (χ1n) is 7.02. The van der Waals surface area contributed by atoms with Crippen LogP contribution < -0.4 is 0 Å². The first-order chi connectivity index (χ1) is 10.1. The Kier molecular flexibility index (Phi) is 3.85. The molecule has 2 aromatic heterocycles. The van der Waals surface area contributed by atoms with Crippen molar-refractivity contribution in [1.29, 1.82) is 0 Å². The van der Waals surface area contributed by atoms with Crippen molar-refractivity contribution in [3.8, 4) is 17.3 Å². The summed E-state index contributed by atoms with van der Waals surface area (Å²) < 4.78 is 5.28. The molecule has 0 aliphatic carbocycles. The number of aromatic hydroxyl groups is 1. The molecule has 1 atom stereocenters. The lowest BCUT2D eigenvalue weighted by Crippen LogP contribution is -2.31. The summed E-state index contributed by atoms with van der Waals surface area (Å²) in [7, 11) is 4.16. The summed E-state index contributed by atoms with van der Waals surface area (Å²) in [5.41, 5.74) is 0.320. The van der Waals surface area contributed by atoms with Crippen LogP contribution >= 0.6 is 0 Å². The molecule has 0 radical (unpaired) electrons. The lowest BCUT2D eigenvalue weighted by atomic mass is 10.2. The first kappa shape index (κ1) is 14.0. The molecule has 1 aliphatic heterocycles. The molecule has 1 saturated heterocycles. The van der Waals surface area contributed by atoms with E-state index >= 15 is 0 Å². The number of pyridine rings is 1. The van der Waals surface area contributed by atoms with Gasteiger partial charge in [-0.2, -0.15) is 4.98 Å². The minimum absolute atomic E-state index is 0.0408. The van der Waals surface area contributed by atoms with E-state index in [2.05, 4.69) is 39.0 Å². The lowest BCUT2D eigenvalue weighted by molar-refractivity contribution is 0.215. The Hall–Kier alpha value is -1.99. The Morgan fingerprint density at radius 3 is 3.00 bits per heavy atom. The Labute approximate surface area is 123 Å². The van der Waals surface area contributed by atoms with Crippen molar-refractivity contribution in [3.05, 3.63) is 24.2 Å². The van der Waals surface area contributed by atoms with E-state index in [1.807, 2.05) is 0 Å². The third kappa shape index (κ3) is 2.88. The third-order valence-electron chi connectivity index (χ3n) is 3.80. The number of hydrogen-bond acceptors (Lipinski definition) is 7. The zero-order valence-corrected chi connectivity index (χ0v) is 12.2. The molecule has 0 amide bonds. The van der Waals surface area contributed by atoms with E-state index in [9.17, 15) is 5.11 Å². The van der Waals surface area contributed by atoms with Gasteiger partial charge in [-0.05, 0) is 45.7 Å². The monoisotopic (exact) mass is 289 g/mol. The van der Waals surface area contributed by atoms with Gasteiger partial charge in [-0.15, -0.1) is 0 Å². The Morgan fingerprint density at radius 1 is 1.33 bits per heavy atom. The molecule has 2 aromatic rings. The molecular weight excluding hydrogens is 270 g/mol. The fraction of sp³-hybridized carbons (Fsp3) is 0.500. The molecule has 1 fully saturated rings. The fourth-order valence-corrected chi connectivity index (χ4v) is 2.58. The molecule has 0 spiro atoms. The fourth-order valence-electron chi connectivity index (χ4n) is 2.58. The summed E-state index contributed by atoms with van der Waals surface area (Å²) in [5, 5.41) is 13.9. The molecule has 1 N–H and O–H groups in total. The van der Waals surface area contributed by atoms with E-state index < -0.39 is 0 Å². The van der Waals surface area contributed by atoms with Gasteiger partial charge < -0.3 is 14.5 Å². The summed E-state index contributed by atoms with van der Waals surface area (Å²) in [6.07, 6.45) is 2.71. The Bertz CT molecular complexity index is 615. The predicted molar refractivity (Wildman–Crippen MR) is 76.7 cm³/mol. The van der Waals surface area contributed by atoms with E-state index in [1.54, 1.807) is 18.3 Å². The van der Waals surface area contributed by atoms with Crippen LogP contribution in [0, 0.1) is 0 Å². The highest BCUT2D eigenvalue weighted by atomic mass is 16.5. The lowest BCUT2D eigenvalue weighted by Gasteiger charge is -2.24. The average molecular weight is 289 g/mol. The maximum absolute atomic E-state index is 9.81. The summed E-state index contributed by atoms with van der Waals surface area (Å²) in [5.74, 6) is 0.925. The Balaban J connectivity index is 1.89. The van der Waals surface area contributed by atoms with Crippen LogP contribution in [-0.2, 0) is 0 Å². The summed E-state index contributed by atoms with van der Waals surface area (Å²) in [6.45, 7) is 2.91. The zero-order valence-electron chi connectivity index (χ0n) is 12.2. The highest BCUT2D eigenvalue weighted by molar-refractivity contribution is 5.55. The van der Waals surface area contributed by atoms with Crippen molar-refractivity contribution in [2.45, 2.75) is 12.5 Å². The molecule has 3 heterocycles. The maximum atomic E-state index is 9.81. The molecule has 112 valence electrons. The second-order valence-electron chi connectivity index (χ2n) is 5.44. The Morgan fingerprint density at radius 2 is 2.19 bits per heavy atom. The van der Waals surface area contributed by atoms with Gasteiger partial charge in [0.1, 0.15) is 5.75 Å². The van der Waals surface area contributed by atoms with Crippen molar-refractivity contribution < 1.29 is 9.63 Å². The van der Waals surface area contributed by atoms with Crippen LogP contribution in [0.15, 0.2) is 22.9 Å². The van der Waals surface area contributed by atoms with Crippen LogP contribution in [0.1, 0.15) is 18.3 Å². The molecule has 21 heavy (non-hydrogen) atoms. The molecule has 0 saturated carbocycles. The molecule has 7 nitrogen and oxygen atoms in total. The molecule has 3 rings (SSSR count). The van der Waals surface area contributed by atoms with Crippen molar-refractivity contribution in [1.82, 2.24) is 24.9 Å². The van der Waals surface area contributed by atoms with Crippen LogP contribution in [0.2, 0.25) is 0 Å². The summed E-state index contributed by atoms with van der Waals surface area (Å²) >= 11 is 0. The SMILES string of the molecule is CN1CCCN(C)C(c2noc(-c3ncccc3O)n2)C1. The van der Waals surface area contributed by atoms with Gasteiger partial charge in [-0.1, -0.05) is 5.16 Å². The normalized spacial score (nSPS) is 21.3. The molecule has 1 unspecified atom stereocenters. The van der Waals surface area contributed by atoms with Crippen molar-refractivity contribution >= 4 is 0 Å². The van der Waals surface area contributed by atoms with Crippen LogP contribution in [0.5, 0.6) is 5.75 Å². The van der Waals surface area contributed by atoms with E-state index in [-0.39, 0.29) is 17.7 Å². The van der Waals surface area contributed by atoms with E-state index in [0.717, 1.165) is 26.1 Å². The van der Waals surface area contributed by atoms with Gasteiger partial charge in [-0.25, -0.2) is 4.98 Å². The van der Waals surface area contributed by atoms with Crippen LogP contribution in [0.25, 0.3) is 11.6 Å². The van der Waals surface area contributed by atoms with Gasteiger partial charge in [0.05, 0.1) is 6.04 Å². The molecule has 0 bridgehead atoms. The van der Waals surface area contributed by atoms with Crippen LogP contribution in [0.3, 0.4) is 0 Å². The number of aromatic nitrogens is 3. The minimum atomic E-state index is 0.0408. The standard InChI is InChI=1S/C14H19N5O2/c1-18-7-4-8-19(2)10(9-18)13-16-14(21-17-13)12-11(20)5-3-6-15-12/h3,5-6,10,20H,4,7-9H2,1-2H3. The van der Waals surface area contributed by atoms with E-state index in [0.29, 0.717) is 11.5 Å². The van der Waals surface area contributed by atoms with Crippen molar-refractivity contribution in [3.63, 3.8) is 0 Å².